The van der Waals surface area contributed by atoms with Gasteiger partial charge >= 0.3 is 0 Å². The minimum atomic E-state index is -4.27. The maximum atomic E-state index is 13.2. The van der Waals surface area contributed by atoms with Gasteiger partial charge in [0.05, 0.1) is 11.4 Å². The molecule has 1 aromatic carbocycles. The lowest BCUT2D eigenvalue weighted by Gasteiger charge is -2.30. The summed E-state index contributed by atoms with van der Waals surface area (Å²) >= 11 is 0. The van der Waals surface area contributed by atoms with Gasteiger partial charge in [0.2, 0.25) is 5.91 Å². The molecule has 1 aliphatic heterocycles. The van der Waals surface area contributed by atoms with Gasteiger partial charge in [-0.05, 0) is 49.6 Å². The molecule has 0 aromatic heterocycles. The average molecular weight is 383 g/mol. The van der Waals surface area contributed by atoms with E-state index in [1.165, 1.54) is 0 Å². The number of rotatable bonds is 6. The van der Waals surface area contributed by atoms with Crippen molar-refractivity contribution in [3.05, 3.63) is 37.0 Å². The lowest BCUT2D eigenvalue weighted by molar-refractivity contribution is -0.134. The summed E-state index contributed by atoms with van der Waals surface area (Å²) in [5.41, 5.74) is 0. The quantitative estimate of drug-likeness (QED) is 0.811. The molecule has 1 unspecified atom stereocenters. The summed E-state index contributed by atoms with van der Waals surface area (Å²) in [6.07, 6.45) is 1.28. The van der Waals surface area contributed by atoms with E-state index < -0.39 is 27.8 Å². The van der Waals surface area contributed by atoms with E-state index in [1.807, 2.05) is 0 Å². The number of carbonyl (C=O) groups is 2. The van der Waals surface area contributed by atoms with Crippen molar-refractivity contribution < 1.29 is 22.4 Å². The lowest BCUT2D eigenvalue weighted by Crippen LogP contribution is -2.49. The van der Waals surface area contributed by atoms with Crippen LogP contribution in [-0.2, 0) is 19.6 Å². The third-order valence-electron chi connectivity index (χ3n) is 4.42. The normalized spacial score (nSPS) is 19.7. The predicted octanol–water partition coefficient (Wildman–Crippen LogP) is 1.91. The highest BCUT2D eigenvalue weighted by Crippen LogP contribution is 2.25. The van der Waals surface area contributed by atoms with E-state index in [0.717, 1.165) is 24.3 Å². The molecule has 1 aromatic rings. The Morgan fingerprint density at radius 2 is 2.04 bits per heavy atom. The summed E-state index contributed by atoms with van der Waals surface area (Å²) in [5.74, 6) is -1.68. The van der Waals surface area contributed by atoms with E-state index in [1.54, 1.807) is 6.92 Å². The van der Waals surface area contributed by atoms with Crippen LogP contribution in [0.5, 0.6) is 0 Å². The molecule has 2 atom stereocenters. The number of hydrogen-bond donors (Lipinski definition) is 1. The molecule has 0 aliphatic carbocycles. The van der Waals surface area contributed by atoms with Gasteiger partial charge in [-0.2, -0.15) is 0 Å². The van der Waals surface area contributed by atoms with Gasteiger partial charge in [-0.3, -0.25) is 9.59 Å². The molecule has 0 bridgehead atoms. The predicted molar refractivity (Wildman–Crippen MR) is 95.1 cm³/mol. The molecule has 1 saturated heterocycles. The summed E-state index contributed by atoms with van der Waals surface area (Å²) in [6, 6.07) is 3.20. The number of hydrogen-bond acceptors (Lipinski definition) is 5. The van der Waals surface area contributed by atoms with Crippen molar-refractivity contribution in [3.8, 4) is 0 Å². The van der Waals surface area contributed by atoms with Crippen LogP contribution in [0.2, 0.25) is 0 Å². The van der Waals surface area contributed by atoms with E-state index in [4.69, 9.17) is 0 Å². The summed E-state index contributed by atoms with van der Waals surface area (Å²) in [5, 5.41) is 2.93. The van der Waals surface area contributed by atoms with Gasteiger partial charge in [0.1, 0.15) is 11.9 Å². The summed E-state index contributed by atoms with van der Waals surface area (Å²) in [4.78, 5) is 25.1. The Morgan fingerprint density at radius 3 is 2.65 bits per heavy atom. The first kappa shape index (κ1) is 20.5. The third kappa shape index (κ3) is 4.67. The van der Waals surface area contributed by atoms with E-state index >= 15 is 0 Å². The number of sulfonamides is 1. The monoisotopic (exact) mass is 383 g/mol. The first-order chi connectivity index (χ1) is 12.3. The van der Waals surface area contributed by atoms with Gasteiger partial charge in [0.15, 0.2) is 5.78 Å². The minimum absolute atomic E-state index is 0.0122. The van der Waals surface area contributed by atoms with Crippen LogP contribution in [0.1, 0.15) is 32.6 Å². The standard InChI is InChI=1S/C18H24FN2O4S/c1-3-13(2)11-18(23)21(16-5-4-10-20-12-17(16)22)26(24,25)15-8-6-14(19)7-9-15/h6-9,13,16,20H,1,3-5,10-12H2,2H3/t13-,16?/m0/s1. The van der Waals surface area contributed by atoms with Crippen molar-refractivity contribution in [2.45, 2.75) is 43.5 Å². The molecule has 1 heterocycles. The summed E-state index contributed by atoms with van der Waals surface area (Å²) < 4.78 is 40.1. The number of nitrogens with one attached hydrogen (secondary N) is 1. The van der Waals surface area contributed by atoms with Gasteiger partial charge in [-0.25, -0.2) is 17.1 Å². The molecule has 143 valence electrons. The molecular weight excluding hydrogens is 359 g/mol. The second-order valence-corrected chi connectivity index (χ2v) is 8.36. The van der Waals surface area contributed by atoms with Crippen molar-refractivity contribution in [2.24, 2.45) is 5.92 Å². The van der Waals surface area contributed by atoms with Gasteiger partial charge in [0, 0.05) is 6.42 Å². The molecule has 8 heteroatoms. The molecule has 1 N–H and O–H groups in total. The molecule has 1 radical (unpaired) electrons. The Bertz CT molecular complexity index is 749. The van der Waals surface area contributed by atoms with E-state index in [2.05, 4.69) is 12.2 Å². The van der Waals surface area contributed by atoms with Gasteiger partial charge in [0.25, 0.3) is 10.0 Å². The van der Waals surface area contributed by atoms with Crippen LogP contribution in [0.15, 0.2) is 29.2 Å². The van der Waals surface area contributed by atoms with E-state index in [0.29, 0.717) is 23.7 Å². The minimum Gasteiger partial charge on any atom is -0.310 e. The molecule has 26 heavy (non-hydrogen) atoms. The number of benzene rings is 1. The van der Waals surface area contributed by atoms with Crippen molar-refractivity contribution in [1.82, 2.24) is 9.62 Å². The first-order valence-corrected chi connectivity index (χ1v) is 10.1. The van der Waals surface area contributed by atoms with Crippen molar-refractivity contribution in [1.29, 1.82) is 0 Å². The highest BCUT2D eigenvalue weighted by molar-refractivity contribution is 7.89. The molecule has 1 aliphatic rings. The topological polar surface area (TPSA) is 83.6 Å². The number of Topliss-reactive ketones (excluding diaryl/α,β-unsaturated/α-hetero) is 1. The zero-order valence-electron chi connectivity index (χ0n) is 14.8. The number of carbonyl (C=O) groups excluding carboxylic acids is 2. The second-order valence-electron chi connectivity index (χ2n) is 6.55. The zero-order valence-corrected chi connectivity index (χ0v) is 15.6. The Kier molecular flexibility index (Phi) is 6.88. The third-order valence-corrected chi connectivity index (χ3v) is 6.26. The fraction of sp³-hybridized carbons (Fsp3) is 0.500. The number of nitrogens with zero attached hydrogens (tertiary/aromatic N) is 1. The van der Waals surface area contributed by atoms with Gasteiger partial charge < -0.3 is 5.32 Å². The SMILES string of the molecule is [CH2]C[C@H](C)CC(=O)N(C1CCCNCC1=O)S(=O)(=O)c1ccc(F)cc1. The van der Waals surface area contributed by atoms with Crippen LogP contribution in [0, 0.1) is 18.7 Å². The highest BCUT2D eigenvalue weighted by atomic mass is 32.2. The van der Waals surface area contributed by atoms with Crippen LogP contribution in [0.25, 0.3) is 0 Å². The summed E-state index contributed by atoms with van der Waals surface area (Å²) in [6.45, 7) is 6.12. The molecule has 1 fully saturated rings. The van der Waals surface area contributed by atoms with Crippen molar-refractivity contribution in [3.63, 3.8) is 0 Å². The van der Waals surface area contributed by atoms with E-state index in [-0.39, 0.29) is 36.0 Å². The first-order valence-electron chi connectivity index (χ1n) is 8.63. The van der Waals surface area contributed by atoms with Crippen LogP contribution in [0.4, 0.5) is 4.39 Å². The molecule has 0 saturated carbocycles. The molecule has 6 nitrogen and oxygen atoms in total. The average Bonchev–Trinajstić information content (AvgIpc) is 2.80. The smallest absolute Gasteiger partial charge is 0.267 e. The maximum absolute atomic E-state index is 13.2. The largest absolute Gasteiger partial charge is 0.310 e. The lowest BCUT2D eigenvalue weighted by atomic mass is 10.0. The second kappa shape index (κ2) is 8.73. The number of amides is 1. The fourth-order valence-electron chi connectivity index (χ4n) is 2.84. The van der Waals surface area contributed by atoms with Crippen LogP contribution in [-0.4, -0.2) is 43.5 Å². The Labute approximate surface area is 153 Å². The Morgan fingerprint density at radius 1 is 1.38 bits per heavy atom. The Balaban J connectivity index is 2.46. The number of ketones is 1. The molecular formula is C18H24FN2O4S. The molecule has 2 rings (SSSR count). The highest BCUT2D eigenvalue weighted by Gasteiger charge is 2.39. The van der Waals surface area contributed by atoms with Crippen molar-refractivity contribution >= 4 is 21.7 Å². The van der Waals surface area contributed by atoms with Gasteiger partial charge in [-0.15, -0.1) is 0 Å². The van der Waals surface area contributed by atoms with Crippen molar-refractivity contribution in [2.75, 3.05) is 13.1 Å². The number of halogens is 1. The summed E-state index contributed by atoms with van der Waals surface area (Å²) in [7, 11) is -4.27. The molecule has 1 amide bonds. The Hall–Kier alpha value is -1.80. The fourth-order valence-corrected chi connectivity index (χ4v) is 4.45. The van der Waals surface area contributed by atoms with E-state index in [9.17, 15) is 22.4 Å². The zero-order chi connectivity index (χ0) is 19.3. The van der Waals surface area contributed by atoms with Crippen LogP contribution >= 0.6 is 0 Å². The maximum Gasteiger partial charge on any atom is 0.267 e. The molecule has 0 spiro atoms. The van der Waals surface area contributed by atoms with Crippen LogP contribution in [0.3, 0.4) is 0 Å². The van der Waals surface area contributed by atoms with Gasteiger partial charge in [-0.1, -0.05) is 20.3 Å². The van der Waals surface area contributed by atoms with Crippen LogP contribution < -0.4 is 5.32 Å².